The van der Waals surface area contributed by atoms with E-state index in [0.29, 0.717) is 10.0 Å². The number of H-pyrrole nitrogens is 1. The lowest BCUT2D eigenvalue weighted by Crippen LogP contribution is -2.10. The Kier molecular flexibility index (Phi) is 4.63. The molecule has 0 atom stereocenters. The minimum Gasteiger partial charge on any atom is -0.465 e. The smallest absolute Gasteiger partial charge is 0.372 e. The molecule has 0 saturated carbocycles. The van der Waals surface area contributed by atoms with E-state index in [1.807, 2.05) is 0 Å². The van der Waals surface area contributed by atoms with E-state index < -0.39 is 16.8 Å². The van der Waals surface area contributed by atoms with E-state index in [-0.39, 0.29) is 22.4 Å². The molecule has 1 N–H and O–H groups in total. The maximum atomic E-state index is 12.1. The third kappa shape index (κ3) is 3.08. The zero-order valence-electron chi connectivity index (χ0n) is 11.5. The fourth-order valence-electron chi connectivity index (χ4n) is 1.66. The highest BCUT2D eigenvalue weighted by Gasteiger charge is 2.24. The largest absolute Gasteiger partial charge is 0.465 e. The van der Waals surface area contributed by atoms with Crippen molar-refractivity contribution >= 4 is 45.3 Å². The summed E-state index contributed by atoms with van der Waals surface area (Å²) in [6, 6.07) is 0. The second-order valence-corrected chi connectivity index (χ2v) is 6.09. The van der Waals surface area contributed by atoms with Crippen LogP contribution in [0.5, 0.6) is 0 Å². The lowest BCUT2D eigenvalue weighted by molar-refractivity contribution is 0.0608. The molecule has 0 radical (unpaired) electrons. The number of esters is 1. The second kappa shape index (κ2) is 6.27. The number of rotatable bonds is 3. The van der Waals surface area contributed by atoms with Crippen molar-refractivity contribution < 1.29 is 19.1 Å². The van der Waals surface area contributed by atoms with Crippen molar-refractivity contribution in [3.8, 4) is 0 Å². The molecule has 0 aliphatic carbocycles. The molecular weight excluding hydrogens is 316 g/mol. The van der Waals surface area contributed by atoms with Crippen molar-refractivity contribution in [3.05, 3.63) is 21.1 Å². The van der Waals surface area contributed by atoms with E-state index in [1.54, 1.807) is 13.8 Å². The number of ether oxygens (including phenoxy) is 2. The van der Waals surface area contributed by atoms with Crippen LogP contribution in [-0.2, 0) is 9.47 Å². The molecule has 0 bridgehead atoms. The molecular formula is C12H12N2O5S2. The molecule has 2 heterocycles. The van der Waals surface area contributed by atoms with Gasteiger partial charge in [0.15, 0.2) is 0 Å². The van der Waals surface area contributed by atoms with Crippen molar-refractivity contribution in [3.63, 3.8) is 0 Å². The summed E-state index contributed by atoms with van der Waals surface area (Å²) in [7, 11) is 1.24. The van der Waals surface area contributed by atoms with Gasteiger partial charge in [-0.05, 0) is 13.8 Å². The van der Waals surface area contributed by atoms with Gasteiger partial charge in [-0.1, -0.05) is 0 Å². The molecule has 0 spiro atoms. The molecule has 0 saturated heterocycles. The summed E-state index contributed by atoms with van der Waals surface area (Å²) in [5.74, 6) is -0.221. The summed E-state index contributed by atoms with van der Waals surface area (Å²) in [5, 5.41) is -0.346. The first kappa shape index (κ1) is 15.5. The number of aryl methyl sites for hydroxylation is 1. The Morgan fingerprint density at radius 2 is 2.14 bits per heavy atom. The minimum atomic E-state index is -0.599. The van der Waals surface area contributed by atoms with E-state index in [2.05, 4.69) is 14.7 Å². The zero-order valence-corrected chi connectivity index (χ0v) is 13.1. The van der Waals surface area contributed by atoms with Crippen LogP contribution in [-0.4, -0.2) is 35.0 Å². The predicted molar refractivity (Wildman–Crippen MR) is 79.2 cm³/mol. The summed E-state index contributed by atoms with van der Waals surface area (Å²) < 4.78 is 9.88. The average molecular weight is 328 g/mol. The fraction of sp³-hybridized carbons (Fsp3) is 0.333. The maximum absolute atomic E-state index is 12.1. The first-order valence-electron chi connectivity index (χ1n) is 5.94. The van der Waals surface area contributed by atoms with Crippen LogP contribution < -0.4 is 5.56 Å². The van der Waals surface area contributed by atoms with E-state index >= 15 is 0 Å². The van der Waals surface area contributed by atoms with Gasteiger partial charge in [0.1, 0.15) is 16.2 Å². The number of carbonyl (C=O) groups excluding carboxylic acids is 2. The molecule has 0 aliphatic rings. The van der Waals surface area contributed by atoms with Crippen LogP contribution in [0.3, 0.4) is 0 Å². The molecule has 0 aromatic carbocycles. The number of fused-ring (bicyclic) bond motifs is 1. The van der Waals surface area contributed by atoms with Gasteiger partial charge in [0, 0.05) is 11.8 Å². The van der Waals surface area contributed by atoms with E-state index in [9.17, 15) is 14.4 Å². The first-order valence-corrected chi connectivity index (χ1v) is 7.57. The van der Waals surface area contributed by atoms with Crippen LogP contribution in [0.1, 0.15) is 22.4 Å². The molecule has 112 valence electrons. The van der Waals surface area contributed by atoms with Gasteiger partial charge in [0.25, 0.3) is 5.56 Å². The van der Waals surface area contributed by atoms with Gasteiger partial charge in [-0.15, -0.1) is 11.3 Å². The number of aromatic amines is 1. The standard InChI is InChI=1S/C12H12N2O5S2/c1-4-19-12(17)21-11-6-7(8(20-11)10(16)18-3)13-5(2)14-9(6)15/h4H2,1-3H3,(H,13,14,15). The number of thiophene rings is 1. The minimum absolute atomic E-state index is 0.188. The molecule has 0 fully saturated rings. The monoisotopic (exact) mass is 328 g/mol. The Balaban J connectivity index is 2.63. The van der Waals surface area contributed by atoms with E-state index in [0.717, 1.165) is 23.1 Å². The van der Waals surface area contributed by atoms with Crippen LogP contribution in [0, 0.1) is 6.92 Å². The van der Waals surface area contributed by atoms with Crippen LogP contribution in [0.4, 0.5) is 4.79 Å². The Hall–Kier alpha value is -1.87. The molecule has 9 heteroatoms. The third-order valence-corrected chi connectivity index (χ3v) is 4.59. The number of hydrogen-bond acceptors (Lipinski definition) is 8. The highest BCUT2D eigenvalue weighted by atomic mass is 32.2. The molecule has 2 aromatic rings. The SMILES string of the molecule is CCOC(=O)Sc1sc(C(=O)OC)c2nc(C)[nH]c(=O)c12. The number of carbonyl (C=O) groups is 2. The number of nitrogens with zero attached hydrogens (tertiary/aromatic N) is 1. The van der Waals surface area contributed by atoms with Gasteiger partial charge in [0.2, 0.25) is 0 Å². The van der Waals surface area contributed by atoms with Gasteiger partial charge in [0.05, 0.1) is 23.3 Å². The Morgan fingerprint density at radius 1 is 1.43 bits per heavy atom. The van der Waals surface area contributed by atoms with E-state index in [4.69, 9.17) is 4.74 Å². The first-order chi connectivity index (χ1) is 9.97. The van der Waals surface area contributed by atoms with Crippen LogP contribution >= 0.6 is 23.1 Å². The quantitative estimate of drug-likeness (QED) is 0.682. The maximum Gasteiger partial charge on any atom is 0.372 e. The molecule has 0 aliphatic heterocycles. The van der Waals surface area contributed by atoms with Gasteiger partial charge in [-0.3, -0.25) is 4.79 Å². The Morgan fingerprint density at radius 3 is 2.76 bits per heavy atom. The van der Waals surface area contributed by atoms with E-state index in [1.165, 1.54) is 7.11 Å². The zero-order chi connectivity index (χ0) is 15.6. The summed E-state index contributed by atoms with van der Waals surface area (Å²) in [4.78, 5) is 42.4. The molecule has 0 unspecified atom stereocenters. The third-order valence-electron chi connectivity index (χ3n) is 2.46. The number of hydrogen-bond donors (Lipinski definition) is 1. The van der Waals surface area contributed by atoms with Gasteiger partial charge in [-0.2, -0.15) is 0 Å². The second-order valence-electron chi connectivity index (χ2n) is 3.87. The fourth-order valence-corrected chi connectivity index (χ4v) is 3.79. The van der Waals surface area contributed by atoms with Crippen LogP contribution in [0.15, 0.2) is 9.00 Å². The number of nitrogens with one attached hydrogen (secondary N) is 1. The van der Waals surface area contributed by atoms with Crippen LogP contribution in [0.2, 0.25) is 0 Å². The predicted octanol–water partition coefficient (Wildman–Crippen LogP) is 2.33. The highest BCUT2D eigenvalue weighted by molar-refractivity contribution is 8.14. The summed E-state index contributed by atoms with van der Waals surface area (Å²) in [5.41, 5.74) is -0.171. The van der Waals surface area contributed by atoms with Crippen LogP contribution in [0.25, 0.3) is 10.9 Å². The highest BCUT2D eigenvalue weighted by Crippen LogP contribution is 2.36. The topological polar surface area (TPSA) is 98.3 Å². The lowest BCUT2D eigenvalue weighted by atomic mass is 10.3. The van der Waals surface area contributed by atoms with Crippen molar-refractivity contribution in [1.29, 1.82) is 0 Å². The summed E-state index contributed by atoms with van der Waals surface area (Å²) >= 11 is 1.74. The Bertz CT molecular complexity index is 765. The average Bonchev–Trinajstić information content (AvgIpc) is 2.76. The van der Waals surface area contributed by atoms with Gasteiger partial charge < -0.3 is 14.5 Å². The van der Waals surface area contributed by atoms with Gasteiger partial charge >= 0.3 is 11.3 Å². The van der Waals surface area contributed by atoms with Crippen molar-refractivity contribution in [2.24, 2.45) is 0 Å². The normalized spacial score (nSPS) is 10.6. The lowest BCUT2D eigenvalue weighted by Gasteiger charge is -1.99. The number of methoxy groups -OCH3 is 1. The molecule has 21 heavy (non-hydrogen) atoms. The van der Waals surface area contributed by atoms with Gasteiger partial charge in [-0.25, -0.2) is 14.6 Å². The molecule has 2 aromatic heterocycles. The van der Waals surface area contributed by atoms with Crippen molar-refractivity contribution in [2.45, 2.75) is 18.1 Å². The molecule has 2 rings (SSSR count). The number of thioether (sulfide) groups is 1. The number of aromatic nitrogens is 2. The Labute approximate surface area is 127 Å². The van der Waals surface area contributed by atoms with Crippen molar-refractivity contribution in [2.75, 3.05) is 13.7 Å². The van der Waals surface area contributed by atoms with Crippen molar-refractivity contribution in [1.82, 2.24) is 9.97 Å². The molecule has 7 nitrogen and oxygen atoms in total. The molecule has 0 amide bonds. The summed E-state index contributed by atoms with van der Waals surface area (Å²) in [6.45, 7) is 3.52. The summed E-state index contributed by atoms with van der Waals surface area (Å²) in [6.07, 6.45) is 0.